The summed E-state index contributed by atoms with van der Waals surface area (Å²) in [6.07, 6.45) is 0. The Hall–Kier alpha value is -2.27. The molecule has 0 aliphatic rings. The van der Waals surface area contributed by atoms with Gasteiger partial charge in [-0.05, 0) is 30.3 Å². The first-order valence-corrected chi connectivity index (χ1v) is 6.39. The molecule has 0 bridgehead atoms. The number of benzene rings is 2. The van der Waals surface area contributed by atoms with E-state index in [0.717, 1.165) is 5.75 Å². The van der Waals surface area contributed by atoms with Gasteiger partial charge in [0.15, 0.2) is 0 Å². The van der Waals surface area contributed by atoms with E-state index in [-0.39, 0.29) is 5.69 Å². The highest BCUT2D eigenvalue weighted by Gasteiger charge is 2.04. The summed E-state index contributed by atoms with van der Waals surface area (Å²) in [7, 11) is 0. The monoisotopic (exact) mass is 292 g/mol. The molecule has 0 aromatic heterocycles. The molecule has 0 atom stereocenters. The number of halogens is 1. The average Bonchev–Trinajstić information content (AvgIpc) is 2.46. The smallest absolute Gasteiger partial charge is 0.271 e. The van der Waals surface area contributed by atoms with Crippen LogP contribution in [0, 0.1) is 10.1 Å². The van der Waals surface area contributed by atoms with Gasteiger partial charge in [0, 0.05) is 29.4 Å². The summed E-state index contributed by atoms with van der Waals surface area (Å²) in [5, 5.41) is 14.4. The first-order valence-electron chi connectivity index (χ1n) is 6.02. The van der Waals surface area contributed by atoms with E-state index in [4.69, 9.17) is 16.3 Å². The first-order chi connectivity index (χ1) is 9.65. The quantitative estimate of drug-likeness (QED) is 0.500. The van der Waals surface area contributed by atoms with Gasteiger partial charge in [-0.1, -0.05) is 17.7 Å². The fourth-order valence-corrected chi connectivity index (χ4v) is 1.75. The number of non-ortho nitro benzene ring substituents is 1. The van der Waals surface area contributed by atoms with Crippen molar-refractivity contribution in [2.24, 2.45) is 0 Å². The molecule has 0 aliphatic carbocycles. The highest BCUT2D eigenvalue weighted by molar-refractivity contribution is 6.30. The van der Waals surface area contributed by atoms with E-state index in [0.29, 0.717) is 23.9 Å². The maximum absolute atomic E-state index is 10.6. The summed E-state index contributed by atoms with van der Waals surface area (Å²) in [6, 6.07) is 13.4. The Morgan fingerprint density at radius 3 is 2.65 bits per heavy atom. The molecular formula is C14H13ClN2O3. The molecule has 5 nitrogen and oxygen atoms in total. The van der Waals surface area contributed by atoms with Gasteiger partial charge in [-0.15, -0.1) is 0 Å². The van der Waals surface area contributed by atoms with Crippen molar-refractivity contribution in [3.05, 3.63) is 63.7 Å². The van der Waals surface area contributed by atoms with Gasteiger partial charge in [0.05, 0.1) is 4.92 Å². The molecule has 6 heteroatoms. The Balaban J connectivity index is 1.79. The number of nitrogens with one attached hydrogen (secondary N) is 1. The van der Waals surface area contributed by atoms with Crippen LogP contribution in [0.2, 0.25) is 5.02 Å². The van der Waals surface area contributed by atoms with Crippen molar-refractivity contribution >= 4 is 23.0 Å². The molecule has 20 heavy (non-hydrogen) atoms. The Morgan fingerprint density at radius 1 is 1.20 bits per heavy atom. The lowest BCUT2D eigenvalue weighted by Crippen LogP contribution is -2.11. The molecule has 2 rings (SSSR count). The molecule has 104 valence electrons. The SMILES string of the molecule is O=[N+]([O-])c1cccc(NCCOc2ccc(Cl)cc2)c1. The molecule has 0 saturated heterocycles. The van der Waals surface area contributed by atoms with Crippen molar-refractivity contribution in [1.29, 1.82) is 0 Å². The van der Waals surface area contributed by atoms with E-state index in [1.54, 1.807) is 36.4 Å². The zero-order valence-corrected chi connectivity index (χ0v) is 11.3. The van der Waals surface area contributed by atoms with Crippen LogP contribution in [0.1, 0.15) is 0 Å². The van der Waals surface area contributed by atoms with Gasteiger partial charge in [0.1, 0.15) is 12.4 Å². The normalized spacial score (nSPS) is 10.1. The van der Waals surface area contributed by atoms with Gasteiger partial charge in [-0.2, -0.15) is 0 Å². The molecule has 0 aliphatic heterocycles. The molecule has 1 N–H and O–H groups in total. The lowest BCUT2D eigenvalue weighted by molar-refractivity contribution is -0.384. The molecule has 2 aromatic carbocycles. The van der Waals surface area contributed by atoms with Gasteiger partial charge in [0.25, 0.3) is 5.69 Å². The number of hydrogen-bond donors (Lipinski definition) is 1. The number of nitro groups is 1. The van der Waals surface area contributed by atoms with E-state index in [9.17, 15) is 10.1 Å². The number of nitrogens with zero attached hydrogens (tertiary/aromatic N) is 1. The lowest BCUT2D eigenvalue weighted by Gasteiger charge is -2.08. The van der Waals surface area contributed by atoms with Gasteiger partial charge in [-0.3, -0.25) is 10.1 Å². The van der Waals surface area contributed by atoms with Crippen molar-refractivity contribution in [3.8, 4) is 5.75 Å². The maximum atomic E-state index is 10.6. The van der Waals surface area contributed by atoms with Crippen LogP contribution < -0.4 is 10.1 Å². The van der Waals surface area contributed by atoms with E-state index >= 15 is 0 Å². The first kappa shape index (κ1) is 14.1. The predicted octanol–water partition coefficient (Wildman–Crippen LogP) is 3.74. The topological polar surface area (TPSA) is 64.4 Å². The minimum absolute atomic E-state index is 0.0635. The standard InChI is InChI=1S/C14H13ClN2O3/c15-11-4-6-14(7-5-11)20-9-8-16-12-2-1-3-13(10-12)17(18)19/h1-7,10,16H,8-9H2. The number of ether oxygens (including phenoxy) is 1. The molecule has 0 fully saturated rings. The second kappa shape index (κ2) is 6.77. The molecule has 0 spiro atoms. The highest BCUT2D eigenvalue weighted by atomic mass is 35.5. The van der Waals surface area contributed by atoms with Crippen molar-refractivity contribution in [1.82, 2.24) is 0 Å². The number of rotatable bonds is 6. The Kier molecular flexibility index (Phi) is 4.79. The number of anilines is 1. The van der Waals surface area contributed by atoms with Crippen LogP contribution in [0.25, 0.3) is 0 Å². The van der Waals surface area contributed by atoms with Crippen LogP contribution in [0.4, 0.5) is 11.4 Å². The summed E-state index contributed by atoms with van der Waals surface area (Å²) in [5.41, 5.74) is 0.757. The number of nitro benzene ring substituents is 1. The summed E-state index contributed by atoms with van der Waals surface area (Å²) in [4.78, 5) is 10.2. The Labute approximate surface area is 121 Å². The van der Waals surface area contributed by atoms with E-state index in [1.807, 2.05) is 0 Å². The number of hydrogen-bond acceptors (Lipinski definition) is 4. The van der Waals surface area contributed by atoms with Crippen molar-refractivity contribution in [2.75, 3.05) is 18.5 Å². The molecule has 0 saturated carbocycles. The van der Waals surface area contributed by atoms with Crippen LogP contribution in [0.5, 0.6) is 5.75 Å². The van der Waals surface area contributed by atoms with Gasteiger partial charge in [0.2, 0.25) is 0 Å². The minimum Gasteiger partial charge on any atom is -0.492 e. The second-order valence-corrected chi connectivity index (χ2v) is 4.47. The fourth-order valence-electron chi connectivity index (χ4n) is 1.62. The van der Waals surface area contributed by atoms with Gasteiger partial charge >= 0.3 is 0 Å². The lowest BCUT2D eigenvalue weighted by atomic mass is 10.3. The fraction of sp³-hybridized carbons (Fsp3) is 0.143. The Bertz CT molecular complexity index is 587. The van der Waals surface area contributed by atoms with E-state index in [2.05, 4.69) is 5.32 Å². The van der Waals surface area contributed by atoms with Crippen LogP contribution in [0.3, 0.4) is 0 Å². The van der Waals surface area contributed by atoms with Crippen LogP contribution >= 0.6 is 11.6 Å². The minimum atomic E-state index is -0.421. The maximum Gasteiger partial charge on any atom is 0.271 e. The molecule has 0 amide bonds. The third-order valence-corrected chi connectivity index (χ3v) is 2.82. The molecule has 0 radical (unpaired) electrons. The van der Waals surface area contributed by atoms with Crippen LogP contribution in [-0.4, -0.2) is 18.1 Å². The Morgan fingerprint density at radius 2 is 1.95 bits per heavy atom. The van der Waals surface area contributed by atoms with Crippen LogP contribution in [0.15, 0.2) is 48.5 Å². The summed E-state index contributed by atoms with van der Waals surface area (Å²) in [5.74, 6) is 0.732. The highest BCUT2D eigenvalue weighted by Crippen LogP contribution is 2.17. The third kappa shape index (κ3) is 4.13. The summed E-state index contributed by atoms with van der Waals surface area (Å²) < 4.78 is 5.51. The van der Waals surface area contributed by atoms with Crippen molar-refractivity contribution in [3.63, 3.8) is 0 Å². The van der Waals surface area contributed by atoms with E-state index < -0.39 is 4.92 Å². The predicted molar refractivity (Wildman–Crippen MR) is 78.5 cm³/mol. The van der Waals surface area contributed by atoms with Crippen molar-refractivity contribution in [2.45, 2.75) is 0 Å². The van der Waals surface area contributed by atoms with Crippen molar-refractivity contribution < 1.29 is 9.66 Å². The van der Waals surface area contributed by atoms with Crippen LogP contribution in [-0.2, 0) is 0 Å². The average molecular weight is 293 g/mol. The molecule has 0 heterocycles. The van der Waals surface area contributed by atoms with Gasteiger partial charge < -0.3 is 10.1 Å². The largest absolute Gasteiger partial charge is 0.492 e. The summed E-state index contributed by atoms with van der Waals surface area (Å²) >= 11 is 5.77. The summed E-state index contributed by atoms with van der Waals surface area (Å²) in [6.45, 7) is 0.994. The molecule has 2 aromatic rings. The van der Waals surface area contributed by atoms with E-state index in [1.165, 1.54) is 12.1 Å². The van der Waals surface area contributed by atoms with Gasteiger partial charge in [-0.25, -0.2) is 0 Å². The zero-order valence-electron chi connectivity index (χ0n) is 10.6. The zero-order chi connectivity index (χ0) is 14.4. The molecule has 0 unspecified atom stereocenters. The third-order valence-electron chi connectivity index (χ3n) is 2.57. The molecular weight excluding hydrogens is 280 g/mol. The second-order valence-electron chi connectivity index (χ2n) is 4.04.